The Bertz CT molecular complexity index is 602. The van der Waals surface area contributed by atoms with Crippen molar-refractivity contribution < 1.29 is 121 Å². The van der Waals surface area contributed by atoms with Gasteiger partial charge in [-0.2, -0.15) is 0 Å². The van der Waals surface area contributed by atoms with Crippen molar-refractivity contribution in [1.29, 1.82) is 0 Å². The molecule has 0 saturated heterocycles. The Labute approximate surface area is 203 Å². The molecular formula is C12H12F13KO3S. The van der Waals surface area contributed by atoms with Gasteiger partial charge in [-0.15, -0.1) is 0 Å². The maximum Gasteiger partial charge on any atom is 1.00 e. The summed E-state index contributed by atoms with van der Waals surface area (Å²) in [4.78, 5) is 0. The predicted molar refractivity (Wildman–Crippen MR) is 69.6 cm³/mol. The third-order valence-corrected chi connectivity index (χ3v) is 4.32. The van der Waals surface area contributed by atoms with Crippen LogP contribution in [0.15, 0.2) is 0 Å². The van der Waals surface area contributed by atoms with Crippen LogP contribution in [0.1, 0.15) is 0 Å². The average molecular weight is 522 g/mol. The Morgan fingerprint density at radius 3 is 0.833 bits per heavy atom. The van der Waals surface area contributed by atoms with Crippen LogP contribution in [0.2, 0.25) is 0 Å². The smallest absolute Gasteiger partial charge is 0.746 e. The van der Waals surface area contributed by atoms with Gasteiger partial charge in [-0.3, -0.25) is 0 Å². The second-order valence-electron chi connectivity index (χ2n) is 5.62. The molecule has 11 unspecified atom stereocenters. The van der Waals surface area contributed by atoms with Crippen molar-refractivity contribution in [3.05, 3.63) is 0 Å². The van der Waals surface area contributed by atoms with Crippen LogP contribution in [0.5, 0.6) is 0 Å². The monoisotopic (exact) mass is 522 g/mol. The molecule has 0 aliphatic carbocycles. The number of hydrogen-bond donors (Lipinski definition) is 0. The minimum Gasteiger partial charge on any atom is -0.746 e. The van der Waals surface area contributed by atoms with Crippen LogP contribution in [0, 0.1) is 0 Å². The fourth-order valence-electron chi connectivity index (χ4n) is 1.85. The van der Waals surface area contributed by atoms with E-state index in [0.29, 0.717) is 0 Å². The SMILES string of the molecule is O=S(=O)([O-])C(F)C(F)C(F)C(F)C(F)C(F)C(F)C(F)C(F)C(F)C(F)C(F)F.[K+]. The zero-order valence-electron chi connectivity index (χ0n) is 14.5. The molecular weight excluding hydrogens is 510 g/mol. The number of halogens is 13. The molecule has 0 aromatic carbocycles. The van der Waals surface area contributed by atoms with Crippen LogP contribution >= 0.6 is 0 Å². The molecule has 30 heavy (non-hydrogen) atoms. The Morgan fingerprint density at radius 2 is 0.633 bits per heavy atom. The van der Waals surface area contributed by atoms with Gasteiger partial charge in [-0.05, 0) is 0 Å². The molecule has 176 valence electrons. The van der Waals surface area contributed by atoms with Crippen molar-refractivity contribution in [2.24, 2.45) is 0 Å². The van der Waals surface area contributed by atoms with Crippen molar-refractivity contribution >= 4 is 10.1 Å². The third-order valence-electron chi connectivity index (χ3n) is 3.50. The van der Waals surface area contributed by atoms with Gasteiger partial charge in [0.05, 0.1) is 0 Å². The summed E-state index contributed by atoms with van der Waals surface area (Å²) in [5.74, 6) is 0. The Hall–Kier alpha value is 0.636. The first kappa shape index (κ1) is 32.8. The van der Waals surface area contributed by atoms with Crippen LogP contribution in [-0.4, -0.2) is 86.6 Å². The first-order chi connectivity index (χ1) is 13.0. The van der Waals surface area contributed by atoms with Crippen molar-refractivity contribution in [2.75, 3.05) is 0 Å². The maximum atomic E-state index is 13.4. The van der Waals surface area contributed by atoms with E-state index in [-0.39, 0.29) is 51.4 Å². The van der Waals surface area contributed by atoms with Crippen molar-refractivity contribution in [1.82, 2.24) is 0 Å². The molecule has 3 nitrogen and oxygen atoms in total. The summed E-state index contributed by atoms with van der Waals surface area (Å²) in [5.41, 5.74) is -4.30. The van der Waals surface area contributed by atoms with Gasteiger partial charge >= 0.3 is 51.4 Å². The quantitative estimate of drug-likeness (QED) is 0.213. The van der Waals surface area contributed by atoms with Crippen molar-refractivity contribution in [3.63, 3.8) is 0 Å². The minimum atomic E-state index is -6.23. The normalized spacial score (nSPS) is 23.8. The van der Waals surface area contributed by atoms with E-state index in [1.54, 1.807) is 0 Å². The number of alkyl halides is 13. The van der Waals surface area contributed by atoms with E-state index in [4.69, 9.17) is 0 Å². The molecule has 0 fully saturated rings. The van der Waals surface area contributed by atoms with Crippen molar-refractivity contribution in [2.45, 2.75) is 73.6 Å². The summed E-state index contributed by atoms with van der Waals surface area (Å²) in [6, 6.07) is 0. The molecule has 0 amide bonds. The van der Waals surface area contributed by atoms with Crippen LogP contribution in [0.3, 0.4) is 0 Å². The van der Waals surface area contributed by atoms with Crippen LogP contribution in [-0.2, 0) is 10.1 Å². The van der Waals surface area contributed by atoms with E-state index >= 15 is 0 Å². The summed E-state index contributed by atoms with van der Waals surface area (Å²) < 4.78 is 199. The van der Waals surface area contributed by atoms with Gasteiger partial charge in [0, 0.05) is 0 Å². The maximum absolute atomic E-state index is 13.4. The molecule has 0 aromatic rings. The van der Waals surface area contributed by atoms with E-state index < -0.39 is 83.8 Å². The molecule has 0 aliphatic rings. The fraction of sp³-hybridized carbons (Fsp3) is 1.00. The summed E-state index contributed by atoms with van der Waals surface area (Å²) >= 11 is 0. The topological polar surface area (TPSA) is 57.2 Å². The van der Waals surface area contributed by atoms with E-state index in [2.05, 4.69) is 0 Å². The first-order valence-corrected chi connectivity index (χ1v) is 8.71. The standard InChI is InChI=1S/C12H13F13O3S.K/c13-1(3(15)5(17)7(19)9(21)11(23)24)2(14)4(16)6(18)8(20)10(22)12(25)29(26,27)28;/h1-12H,(H,26,27,28);/q;+1/p-1. The van der Waals surface area contributed by atoms with Gasteiger partial charge in [-0.25, -0.2) is 65.5 Å². The average Bonchev–Trinajstić information content (AvgIpc) is 2.66. The molecule has 0 heterocycles. The molecule has 0 rings (SSSR count). The molecule has 11 atom stereocenters. The van der Waals surface area contributed by atoms with Gasteiger partial charge in [0.1, 0.15) is 10.1 Å². The van der Waals surface area contributed by atoms with Gasteiger partial charge in [0.25, 0.3) is 6.43 Å². The number of hydrogen-bond acceptors (Lipinski definition) is 3. The largest absolute Gasteiger partial charge is 1.00 e. The number of rotatable bonds is 12. The van der Waals surface area contributed by atoms with Gasteiger partial charge in [-0.1, -0.05) is 0 Å². The molecule has 0 radical (unpaired) electrons. The molecule has 0 spiro atoms. The van der Waals surface area contributed by atoms with Gasteiger partial charge in [0.2, 0.25) is 5.50 Å². The van der Waals surface area contributed by atoms with Crippen LogP contribution < -0.4 is 51.4 Å². The molecule has 0 N–H and O–H groups in total. The van der Waals surface area contributed by atoms with E-state index in [9.17, 15) is 70.0 Å². The van der Waals surface area contributed by atoms with Crippen LogP contribution in [0.25, 0.3) is 0 Å². The van der Waals surface area contributed by atoms with Gasteiger partial charge < -0.3 is 4.55 Å². The van der Waals surface area contributed by atoms with Crippen LogP contribution in [0.4, 0.5) is 57.1 Å². The predicted octanol–water partition coefficient (Wildman–Crippen LogP) is 0.477. The zero-order chi connectivity index (χ0) is 23.4. The molecule has 0 saturated carbocycles. The summed E-state index contributed by atoms with van der Waals surface area (Å²) in [5, 5.41) is 0. The molecule has 18 heteroatoms. The van der Waals surface area contributed by atoms with Gasteiger partial charge in [0.15, 0.2) is 61.7 Å². The summed E-state index contributed by atoms with van der Waals surface area (Å²) in [6.45, 7) is 0. The third kappa shape index (κ3) is 8.53. The first-order valence-electron chi connectivity index (χ1n) is 7.24. The van der Waals surface area contributed by atoms with E-state index in [1.807, 2.05) is 0 Å². The Balaban J connectivity index is 0. The fourth-order valence-corrected chi connectivity index (χ4v) is 2.32. The molecule has 0 aromatic heterocycles. The second kappa shape index (κ2) is 13.4. The van der Waals surface area contributed by atoms with Crippen molar-refractivity contribution in [3.8, 4) is 0 Å². The molecule has 0 aliphatic heterocycles. The Kier molecular flexibility index (Phi) is 14.6. The summed E-state index contributed by atoms with van der Waals surface area (Å²) in [6.07, 6.45) is -46.3. The second-order valence-corrected chi connectivity index (χ2v) is 7.06. The molecule has 0 bridgehead atoms. The zero-order valence-corrected chi connectivity index (χ0v) is 18.4. The minimum absolute atomic E-state index is 0. The van der Waals surface area contributed by atoms with E-state index in [0.717, 1.165) is 0 Å². The van der Waals surface area contributed by atoms with E-state index in [1.165, 1.54) is 0 Å². The Morgan fingerprint density at radius 1 is 0.433 bits per heavy atom. The summed E-state index contributed by atoms with van der Waals surface area (Å²) in [7, 11) is -6.23.